The Balaban J connectivity index is 1.56. The largest absolute Gasteiger partial charge is 0.475 e. The molecule has 0 aliphatic carbocycles. The van der Waals surface area contributed by atoms with Crippen LogP contribution in [0.5, 0.6) is 5.88 Å². The van der Waals surface area contributed by atoms with Gasteiger partial charge in [0.2, 0.25) is 5.91 Å². The summed E-state index contributed by atoms with van der Waals surface area (Å²) in [5.74, 6) is 1.41. The summed E-state index contributed by atoms with van der Waals surface area (Å²) in [5, 5.41) is 5.11. The molecule has 128 valence electrons. The summed E-state index contributed by atoms with van der Waals surface area (Å²) in [4.78, 5) is 24.1. The van der Waals surface area contributed by atoms with Crippen molar-refractivity contribution in [3.63, 3.8) is 0 Å². The molecule has 0 bridgehead atoms. The van der Waals surface area contributed by atoms with Crippen molar-refractivity contribution in [3.8, 4) is 5.88 Å². The molecule has 1 aliphatic heterocycles. The predicted octanol–water partition coefficient (Wildman–Crippen LogP) is 2.26. The topological polar surface area (TPSA) is 67.4 Å². The van der Waals surface area contributed by atoms with Crippen molar-refractivity contribution in [2.45, 2.75) is 32.2 Å². The van der Waals surface area contributed by atoms with Crippen LogP contribution in [0, 0.1) is 0 Å². The molecular formula is C17H22N4O2S. The highest BCUT2D eigenvalue weighted by Gasteiger charge is 2.27. The molecule has 1 saturated heterocycles. The van der Waals surface area contributed by atoms with E-state index in [9.17, 15) is 4.79 Å². The van der Waals surface area contributed by atoms with E-state index in [0.717, 1.165) is 36.6 Å². The molecular weight excluding hydrogens is 324 g/mol. The van der Waals surface area contributed by atoms with Crippen LogP contribution in [-0.4, -0.2) is 41.6 Å². The number of hydrogen-bond donors (Lipinski definition) is 1. The van der Waals surface area contributed by atoms with E-state index in [0.29, 0.717) is 18.9 Å². The Kier molecular flexibility index (Phi) is 5.63. The molecule has 0 radical (unpaired) electrons. The summed E-state index contributed by atoms with van der Waals surface area (Å²) in [6.07, 6.45) is 5.60. The van der Waals surface area contributed by atoms with Crippen LogP contribution in [0.1, 0.15) is 24.6 Å². The Morgan fingerprint density at radius 3 is 3.12 bits per heavy atom. The number of carbonyl (C=O) groups is 1. The summed E-state index contributed by atoms with van der Waals surface area (Å²) in [5.41, 5.74) is 0. The molecule has 0 aromatic carbocycles. The average Bonchev–Trinajstić information content (AvgIpc) is 3.25. The van der Waals surface area contributed by atoms with Crippen molar-refractivity contribution in [1.82, 2.24) is 15.3 Å². The molecule has 1 N–H and O–H groups in total. The zero-order valence-electron chi connectivity index (χ0n) is 13.8. The first-order chi connectivity index (χ1) is 11.8. The summed E-state index contributed by atoms with van der Waals surface area (Å²) in [7, 11) is 0. The molecule has 0 unspecified atom stereocenters. The number of carbonyl (C=O) groups excluding carboxylic acids is 1. The normalized spacial score (nSPS) is 17.0. The van der Waals surface area contributed by atoms with Gasteiger partial charge in [-0.05, 0) is 24.3 Å². The minimum atomic E-state index is 0.0749. The van der Waals surface area contributed by atoms with Crippen molar-refractivity contribution in [1.29, 1.82) is 0 Å². The third-order valence-electron chi connectivity index (χ3n) is 3.86. The van der Waals surface area contributed by atoms with Crippen molar-refractivity contribution in [2.24, 2.45) is 0 Å². The minimum absolute atomic E-state index is 0.0749. The van der Waals surface area contributed by atoms with Crippen LogP contribution < -0.4 is 15.0 Å². The van der Waals surface area contributed by atoms with Crippen LogP contribution in [0.4, 0.5) is 5.82 Å². The maximum absolute atomic E-state index is 12.1. The summed E-state index contributed by atoms with van der Waals surface area (Å²) < 4.78 is 5.68. The quantitative estimate of drug-likeness (QED) is 0.833. The fourth-order valence-electron chi connectivity index (χ4n) is 2.76. The van der Waals surface area contributed by atoms with Crippen LogP contribution in [0.2, 0.25) is 0 Å². The maximum atomic E-state index is 12.1. The molecule has 1 fully saturated rings. The Hall–Kier alpha value is -2.15. The first-order valence-electron chi connectivity index (χ1n) is 8.26. The van der Waals surface area contributed by atoms with Crippen LogP contribution >= 0.6 is 11.3 Å². The molecule has 6 nitrogen and oxygen atoms in total. The number of aromatic nitrogens is 2. The van der Waals surface area contributed by atoms with Gasteiger partial charge in [0, 0.05) is 36.4 Å². The number of anilines is 1. The van der Waals surface area contributed by atoms with Gasteiger partial charge in [-0.15, -0.1) is 11.3 Å². The monoisotopic (exact) mass is 346 g/mol. The molecule has 0 saturated carbocycles. The minimum Gasteiger partial charge on any atom is -0.475 e. The first kappa shape index (κ1) is 16.7. The van der Waals surface area contributed by atoms with Crippen LogP contribution in [0.3, 0.4) is 0 Å². The van der Waals surface area contributed by atoms with E-state index in [1.807, 2.05) is 17.5 Å². The highest BCUT2D eigenvalue weighted by atomic mass is 32.1. The average molecular weight is 346 g/mol. The molecule has 1 aliphatic rings. The number of nitrogens with zero attached hydrogens (tertiary/aromatic N) is 3. The molecule has 24 heavy (non-hydrogen) atoms. The molecule has 1 amide bonds. The van der Waals surface area contributed by atoms with Crippen molar-refractivity contribution in [3.05, 3.63) is 34.8 Å². The Morgan fingerprint density at radius 1 is 1.46 bits per heavy atom. The second-order valence-corrected chi connectivity index (χ2v) is 6.82. The van der Waals surface area contributed by atoms with Crippen LogP contribution in [0.15, 0.2) is 29.9 Å². The number of amides is 1. The van der Waals surface area contributed by atoms with Gasteiger partial charge in [0.05, 0.1) is 13.0 Å². The van der Waals surface area contributed by atoms with Crippen molar-refractivity contribution in [2.75, 3.05) is 24.6 Å². The number of ether oxygens (including phenoxy) is 1. The Morgan fingerprint density at radius 2 is 2.33 bits per heavy atom. The smallest absolute Gasteiger partial charge is 0.257 e. The van der Waals surface area contributed by atoms with E-state index in [2.05, 4.69) is 27.1 Å². The van der Waals surface area contributed by atoms with Gasteiger partial charge in [0.15, 0.2) is 5.82 Å². The van der Waals surface area contributed by atoms with Crippen molar-refractivity contribution >= 4 is 23.1 Å². The molecule has 7 heteroatoms. The van der Waals surface area contributed by atoms with Crippen LogP contribution in [0.25, 0.3) is 0 Å². The van der Waals surface area contributed by atoms with E-state index >= 15 is 0 Å². The third-order valence-corrected chi connectivity index (χ3v) is 4.73. The fraction of sp³-hybridized carbons (Fsp3) is 0.471. The van der Waals surface area contributed by atoms with Gasteiger partial charge in [0.25, 0.3) is 5.88 Å². The Bertz CT molecular complexity index is 662. The lowest BCUT2D eigenvalue weighted by atomic mass is 10.2. The van der Waals surface area contributed by atoms with Gasteiger partial charge in [-0.2, -0.15) is 0 Å². The molecule has 3 heterocycles. The molecule has 0 spiro atoms. The zero-order valence-corrected chi connectivity index (χ0v) is 14.6. The number of rotatable bonds is 7. The van der Waals surface area contributed by atoms with Gasteiger partial charge in [0.1, 0.15) is 0 Å². The summed E-state index contributed by atoms with van der Waals surface area (Å²) >= 11 is 1.61. The van der Waals surface area contributed by atoms with Crippen molar-refractivity contribution < 1.29 is 9.53 Å². The number of hydrogen-bond acceptors (Lipinski definition) is 6. The number of nitrogens with one attached hydrogen (secondary N) is 1. The Labute approximate surface area is 145 Å². The van der Waals surface area contributed by atoms with Gasteiger partial charge in [-0.3, -0.25) is 4.79 Å². The summed E-state index contributed by atoms with van der Waals surface area (Å²) in [6, 6.07) is 4.09. The third kappa shape index (κ3) is 4.23. The predicted molar refractivity (Wildman–Crippen MR) is 94.6 cm³/mol. The highest BCUT2D eigenvalue weighted by molar-refractivity contribution is 7.10. The molecule has 1 atom stereocenters. The maximum Gasteiger partial charge on any atom is 0.257 e. The summed E-state index contributed by atoms with van der Waals surface area (Å²) in [6.45, 7) is 4.26. The molecule has 3 rings (SSSR count). The number of thiophene rings is 1. The van der Waals surface area contributed by atoms with E-state index in [-0.39, 0.29) is 11.9 Å². The lowest BCUT2D eigenvalue weighted by Crippen LogP contribution is -2.38. The second-order valence-electron chi connectivity index (χ2n) is 5.79. The second kappa shape index (κ2) is 8.10. The lowest BCUT2D eigenvalue weighted by Gasteiger charge is -2.19. The molecule has 2 aromatic rings. The van der Waals surface area contributed by atoms with Gasteiger partial charge in [-0.25, -0.2) is 9.97 Å². The van der Waals surface area contributed by atoms with E-state index in [1.165, 1.54) is 0 Å². The van der Waals surface area contributed by atoms with E-state index in [1.54, 1.807) is 23.7 Å². The highest BCUT2D eigenvalue weighted by Crippen LogP contribution is 2.26. The lowest BCUT2D eigenvalue weighted by molar-refractivity contribution is -0.120. The zero-order chi connectivity index (χ0) is 16.8. The first-order valence-corrected chi connectivity index (χ1v) is 9.14. The van der Waals surface area contributed by atoms with E-state index in [4.69, 9.17) is 4.74 Å². The molecule has 2 aromatic heterocycles. The van der Waals surface area contributed by atoms with Gasteiger partial charge < -0.3 is 15.0 Å². The fourth-order valence-corrected chi connectivity index (χ4v) is 3.46. The van der Waals surface area contributed by atoms with Gasteiger partial charge >= 0.3 is 0 Å². The van der Waals surface area contributed by atoms with Crippen LogP contribution in [-0.2, 0) is 11.2 Å². The standard InChI is InChI=1S/C17H22N4O2S/c1-2-9-23-17-16(18-6-7-19-17)21-8-5-13(12-21)20-15(22)11-14-4-3-10-24-14/h3-4,6-7,10,13H,2,5,8-9,11-12H2,1H3,(H,20,22)/t13-/m0/s1. The SMILES string of the molecule is CCCOc1nccnc1N1CC[C@H](NC(=O)Cc2cccs2)C1. The van der Waals surface area contributed by atoms with E-state index < -0.39 is 0 Å². The van der Waals surface area contributed by atoms with Gasteiger partial charge in [-0.1, -0.05) is 13.0 Å².